The summed E-state index contributed by atoms with van der Waals surface area (Å²) in [5.74, 6) is 4.21. The molecular formula is C12H18N2OS. The molecule has 4 heteroatoms. The Balaban J connectivity index is 2.01. The summed E-state index contributed by atoms with van der Waals surface area (Å²) < 4.78 is 5.55. The molecule has 0 amide bonds. The van der Waals surface area contributed by atoms with E-state index in [9.17, 15) is 0 Å². The van der Waals surface area contributed by atoms with Crippen LogP contribution in [0.15, 0.2) is 18.3 Å². The van der Waals surface area contributed by atoms with Crippen molar-refractivity contribution >= 4 is 17.6 Å². The third kappa shape index (κ3) is 3.04. The smallest absolute Gasteiger partial charge is 0.168 e. The molecule has 1 aliphatic heterocycles. The van der Waals surface area contributed by atoms with Crippen molar-refractivity contribution in [1.82, 2.24) is 4.98 Å². The SMILES string of the molecule is CCOc1cccnc1NC1CCCSC1. The van der Waals surface area contributed by atoms with E-state index in [2.05, 4.69) is 10.3 Å². The van der Waals surface area contributed by atoms with Crippen molar-refractivity contribution in [3.8, 4) is 5.75 Å². The van der Waals surface area contributed by atoms with E-state index in [-0.39, 0.29) is 0 Å². The summed E-state index contributed by atoms with van der Waals surface area (Å²) in [7, 11) is 0. The predicted molar refractivity (Wildman–Crippen MR) is 69.4 cm³/mol. The molecule has 0 radical (unpaired) electrons. The molecule has 1 fully saturated rings. The normalized spacial score (nSPS) is 20.4. The highest BCUT2D eigenvalue weighted by Gasteiger charge is 2.15. The summed E-state index contributed by atoms with van der Waals surface area (Å²) in [5, 5.41) is 3.48. The fraction of sp³-hybridized carbons (Fsp3) is 0.583. The molecule has 2 rings (SSSR count). The average molecular weight is 238 g/mol. The molecule has 3 nitrogen and oxygen atoms in total. The van der Waals surface area contributed by atoms with E-state index in [1.165, 1.54) is 24.3 Å². The number of hydrogen-bond donors (Lipinski definition) is 1. The van der Waals surface area contributed by atoms with Gasteiger partial charge in [0, 0.05) is 18.0 Å². The van der Waals surface area contributed by atoms with Gasteiger partial charge in [-0.2, -0.15) is 11.8 Å². The number of rotatable bonds is 4. The third-order valence-corrected chi connectivity index (χ3v) is 3.79. The maximum absolute atomic E-state index is 5.55. The van der Waals surface area contributed by atoms with Crippen LogP contribution >= 0.6 is 11.8 Å². The molecule has 88 valence electrons. The minimum Gasteiger partial charge on any atom is -0.490 e. The molecule has 1 aromatic heterocycles. The van der Waals surface area contributed by atoms with E-state index in [1.807, 2.05) is 30.8 Å². The maximum atomic E-state index is 5.55. The zero-order valence-electron chi connectivity index (χ0n) is 9.61. The van der Waals surface area contributed by atoms with Gasteiger partial charge in [-0.3, -0.25) is 0 Å². The number of aromatic nitrogens is 1. The van der Waals surface area contributed by atoms with Gasteiger partial charge < -0.3 is 10.1 Å². The Morgan fingerprint density at radius 1 is 1.62 bits per heavy atom. The van der Waals surface area contributed by atoms with E-state index in [0.717, 1.165) is 11.6 Å². The van der Waals surface area contributed by atoms with Crippen LogP contribution in [0.25, 0.3) is 0 Å². The lowest BCUT2D eigenvalue weighted by Crippen LogP contribution is -2.26. The van der Waals surface area contributed by atoms with Crippen molar-refractivity contribution in [2.45, 2.75) is 25.8 Å². The Kier molecular flexibility index (Phi) is 4.34. The summed E-state index contributed by atoms with van der Waals surface area (Å²) in [5.41, 5.74) is 0. The van der Waals surface area contributed by atoms with Crippen LogP contribution < -0.4 is 10.1 Å². The standard InChI is InChI=1S/C12H18N2OS/c1-2-15-11-6-3-7-13-12(11)14-10-5-4-8-16-9-10/h3,6-7,10H,2,4-5,8-9H2,1H3,(H,13,14). The molecule has 0 aromatic carbocycles. The van der Waals surface area contributed by atoms with Crippen LogP contribution in [0.4, 0.5) is 5.82 Å². The highest BCUT2D eigenvalue weighted by molar-refractivity contribution is 7.99. The summed E-state index contributed by atoms with van der Waals surface area (Å²) in [6.45, 7) is 2.67. The number of ether oxygens (including phenoxy) is 1. The van der Waals surface area contributed by atoms with E-state index < -0.39 is 0 Å². The third-order valence-electron chi connectivity index (χ3n) is 2.57. The monoisotopic (exact) mass is 238 g/mol. The molecule has 0 bridgehead atoms. The minimum absolute atomic E-state index is 0.535. The van der Waals surface area contributed by atoms with Crippen molar-refractivity contribution in [2.75, 3.05) is 23.4 Å². The van der Waals surface area contributed by atoms with Crippen LogP contribution in [0.5, 0.6) is 5.75 Å². The van der Waals surface area contributed by atoms with Crippen molar-refractivity contribution < 1.29 is 4.74 Å². The molecular weight excluding hydrogens is 220 g/mol. The van der Waals surface area contributed by atoms with Gasteiger partial charge in [0.15, 0.2) is 11.6 Å². The zero-order chi connectivity index (χ0) is 11.2. The Morgan fingerprint density at radius 2 is 2.56 bits per heavy atom. The van der Waals surface area contributed by atoms with Gasteiger partial charge in [0.2, 0.25) is 0 Å². The molecule has 0 saturated carbocycles. The Bertz CT molecular complexity index is 327. The summed E-state index contributed by atoms with van der Waals surface area (Å²) in [6, 6.07) is 4.41. The zero-order valence-corrected chi connectivity index (χ0v) is 10.4. The lowest BCUT2D eigenvalue weighted by atomic mass is 10.2. The van der Waals surface area contributed by atoms with Gasteiger partial charge in [-0.25, -0.2) is 4.98 Å². The fourth-order valence-electron chi connectivity index (χ4n) is 1.82. The Hall–Kier alpha value is -0.900. The largest absolute Gasteiger partial charge is 0.490 e. The first-order chi connectivity index (χ1) is 7.90. The maximum Gasteiger partial charge on any atom is 0.168 e. The molecule has 1 aromatic rings. The lowest BCUT2D eigenvalue weighted by Gasteiger charge is -2.23. The quantitative estimate of drug-likeness (QED) is 0.874. The number of hydrogen-bond acceptors (Lipinski definition) is 4. The van der Waals surface area contributed by atoms with Crippen LogP contribution in [-0.2, 0) is 0 Å². The molecule has 0 aliphatic carbocycles. The highest BCUT2D eigenvalue weighted by Crippen LogP contribution is 2.25. The van der Waals surface area contributed by atoms with E-state index in [4.69, 9.17) is 4.74 Å². The first-order valence-corrected chi connectivity index (χ1v) is 6.97. The molecule has 1 aliphatic rings. The number of nitrogens with one attached hydrogen (secondary N) is 1. The van der Waals surface area contributed by atoms with Gasteiger partial charge in [-0.1, -0.05) is 0 Å². The van der Waals surface area contributed by atoms with E-state index >= 15 is 0 Å². The lowest BCUT2D eigenvalue weighted by molar-refractivity contribution is 0.340. The van der Waals surface area contributed by atoms with Crippen LogP contribution in [0, 0.1) is 0 Å². The molecule has 1 saturated heterocycles. The van der Waals surface area contributed by atoms with Gasteiger partial charge >= 0.3 is 0 Å². The predicted octanol–water partition coefficient (Wildman–Crippen LogP) is 2.79. The van der Waals surface area contributed by atoms with Crippen LogP contribution in [0.3, 0.4) is 0 Å². The van der Waals surface area contributed by atoms with Gasteiger partial charge in [-0.15, -0.1) is 0 Å². The van der Waals surface area contributed by atoms with E-state index in [1.54, 1.807) is 6.20 Å². The summed E-state index contributed by atoms with van der Waals surface area (Å²) in [4.78, 5) is 4.35. The van der Waals surface area contributed by atoms with Gasteiger partial charge in [0.05, 0.1) is 6.61 Å². The fourth-order valence-corrected chi connectivity index (χ4v) is 2.89. The Labute approximate surface area is 101 Å². The number of pyridine rings is 1. The molecule has 1 unspecified atom stereocenters. The number of thioether (sulfide) groups is 1. The van der Waals surface area contributed by atoms with Crippen molar-refractivity contribution in [3.63, 3.8) is 0 Å². The highest BCUT2D eigenvalue weighted by atomic mass is 32.2. The average Bonchev–Trinajstić information content (AvgIpc) is 2.33. The van der Waals surface area contributed by atoms with Crippen LogP contribution in [0.1, 0.15) is 19.8 Å². The van der Waals surface area contributed by atoms with Gasteiger partial charge in [-0.05, 0) is 37.7 Å². The second-order valence-corrected chi connectivity index (χ2v) is 4.99. The van der Waals surface area contributed by atoms with Crippen molar-refractivity contribution in [3.05, 3.63) is 18.3 Å². The van der Waals surface area contributed by atoms with Crippen LogP contribution in [-0.4, -0.2) is 29.1 Å². The Morgan fingerprint density at radius 3 is 3.31 bits per heavy atom. The molecule has 1 atom stereocenters. The first-order valence-electron chi connectivity index (χ1n) is 5.82. The van der Waals surface area contributed by atoms with Crippen molar-refractivity contribution in [2.24, 2.45) is 0 Å². The number of anilines is 1. The minimum atomic E-state index is 0.535. The van der Waals surface area contributed by atoms with E-state index in [0.29, 0.717) is 12.6 Å². The molecule has 0 spiro atoms. The molecule has 16 heavy (non-hydrogen) atoms. The first kappa shape index (κ1) is 11.6. The second kappa shape index (κ2) is 5.99. The van der Waals surface area contributed by atoms with Gasteiger partial charge in [0.1, 0.15) is 0 Å². The molecule has 1 N–H and O–H groups in total. The molecule has 2 heterocycles. The second-order valence-electron chi connectivity index (χ2n) is 3.84. The van der Waals surface area contributed by atoms with Crippen molar-refractivity contribution in [1.29, 1.82) is 0 Å². The van der Waals surface area contributed by atoms with Gasteiger partial charge in [0.25, 0.3) is 0 Å². The number of nitrogens with zero attached hydrogens (tertiary/aromatic N) is 1. The van der Waals surface area contributed by atoms with Crippen LogP contribution in [0.2, 0.25) is 0 Å². The summed E-state index contributed by atoms with van der Waals surface area (Å²) in [6.07, 6.45) is 4.33. The topological polar surface area (TPSA) is 34.1 Å². The summed E-state index contributed by atoms with van der Waals surface area (Å²) >= 11 is 2.01.